The van der Waals surface area contributed by atoms with E-state index in [1.165, 1.54) is 27.4 Å². The summed E-state index contributed by atoms with van der Waals surface area (Å²) < 4.78 is 28.7. The Kier molecular flexibility index (Phi) is 20.2. The molecular formula is C45H41B2Br2Cl4N3O10. The maximum absolute atomic E-state index is 11.1. The van der Waals surface area contributed by atoms with Crippen molar-refractivity contribution < 1.29 is 48.0 Å². The predicted molar refractivity (Wildman–Crippen MR) is 267 cm³/mol. The number of hydrogen-bond acceptors (Lipinski definition) is 13. The number of ether oxygens (including phenoxy) is 3. The van der Waals surface area contributed by atoms with E-state index in [0.717, 1.165) is 21.1 Å². The smallest absolute Gasteiger partial charge is 0.480 e. The van der Waals surface area contributed by atoms with E-state index < -0.39 is 25.4 Å². The second kappa shape index (κ2) is 24.6. The molecule has 66 heavy (non-hydrogen) atoms. The third-order valence-corrected chi connectivity index (χ3v) is 13.1. The minimum Gasteiger partial charge on any atom is -0.480 e. The van der Waals surface area contributed by atoms with E-state index in [0.29, 0.717) is 83.0 Å². The number of carbonyl (C=O) groups excluding carboxylic acids is 3. The largest absolute Gasteiger partial charge is 0.496 e. The summed E-state index contributed by atoms with van der Waals surface area (Å²) in [6.07, 6.45) is 2.08. The molecule has 1 saturated heterocycles. The highest BCUT2D eigenvalue weighted by atomic mass is 79.9. The number of methoxy groups -OCH3 is 3. The first-order valence-electron chi connectivity index (χ1n) is 19.3. The Morgan fingerprint density at radius 2 is 0.985 bits per heavy atom. The number of hydrogen-bond donors (Lipinski definition) is 2. The fourth-order valence-electron chi connectivity index (χ4n) is 5.71. The van der Waals surface area contributed by atoms with Crippen molar-refractivity contribution in [2.24, 2.45) is 0 Å². The third kappa shape index (κ3) is 13.4. The monoisotopic (exact) mass is 1100 g/mol. The van der Waals surface area contributed by atoms with Gasteiger partial charge < -0.3 is 33.6 Å². The zero-order valence-electron chi connectivity index (χ0n) is 36.3. The van der Waals surface area contributed by atoms with Gasteiger partial charge in [-0.1, -0.05) is 88.9 Å². The highest BCUT2D eigenvalue weighted by Gasteiger charge is 2.52. The third-order valence-electron chi connectivity index (χ3n) is 9.89. The lowest BCUT2D eigenvalue weighted by Crippen LogP contribution is -2.41. The van der Waals surface area contributed by atoms with Crippen LogP contribution in [0.5, 0.6) is 17.6 Å². The second-order valence-electron chi connectivity index (χ2n) is 14.6. The molecule has 4 heterocycles. The van der Waals surface area contributed by atoms with Crippen LogP contribution in [0, 0.1) is 0 Å². The standard InChI is InChI=1S/C19H21BClNO4.C13H9BrClNO2.C7H6ClNO2.C6H5BBrClO2/c1-18(2)19(3,4)26-20(25-18)14-8-6-7-13(16(14)21)15-10-9-12(11-23)17(22-15)24-5;1-18-13-8(7-17)5-6-11(16-13)9-3-2-4-10(14)12(9)15;1-11-7-5(4-10)2-3-6(8)9-7;8-5-3-1-2-4(6(5)9)7(10)11/h6-11H,1-5H3;2-7H,1H3;2-4H,1H3;1-3,10-11H. The molecule has 0 unspecified atom stereocenters. The Hall–Kier alpha value is -4.39. The summed E-state index contributed by atoms with van der Waals surface area (Å²) in [6.45, 7) is 7.98. The predicted octanol–water partition coefficient (Wildman–Crippen LogP) is 9.85. The first-order chi connectivity index (χ1) is 31.3. The second-order valence-corrected chi connectivity index (χ2v) is 17.8. The van der Waals surface area contributed by atoms with Crippen molar-refractivity contribution in [2.75, 3.05) is 21.3 Å². The molecular weight excluding hydrogens is 1070 g/mol. The van der Waals surface area contributed by atoms with E-state index in [1.54, 1.807) is 48.5 Å². The number of rotatable bonds is 10. The molecule has 0 radical (unpaired) electrons. The van der Waals surface area contributed by atoms with Crippen LogP contribution in [-0.2, 0) is 9.31 Å². The molecule has 2 N–H and O–H groups in total. The molecule has 0 atom stereocenters. The molecule has 0 saturated carbocycles. The number of pyridine rings is 3. The SMILES string of the molecule is COc1nc(-c2cccc(B3OC(C)(C)C(C)(C)O3)c2Cl)ccc1C=O.COc1nc(-c2cccc(Br)c2Cl)ccc1C=O.COc1nc(Cl)ccc1C=O.OB(O)c1cccc(Br)c1Cl. The van der Waals surface area contributed by atoms with Crippen molar-refractivity contribution in [2.45, 2.75) is 38.9 Å². The molecule has 0 bridgehead atoms. The van der Waals surface area contributed by atoms with Gasteiger partial charge in [-0.3, -0.25) is 14.4 Å². The zero-order chi connectivity index (χ0) is 48.9. The van der Waals surface area contributed by atoms with Crippen molar-refractivity contribution in [3.05, 3.63) is 137 Å². The van der Waals surface area contributed by atoms with Gasteiger partial charge >= 0.3 is 14.2 Å². The summed E-state index contributed by atoms with van der Waals surface area (Å²) in [5, 5.41) is 19.3. The lowest BCUT2D eigenvalue weighted by molar-refractivity contribution is 0.00578. The van der Waals surface area contributed by atoms with Crippen LogP contribution in [0.3, 0.4) is 0 Å². The van der Waals surface area contributed by atoms with Gasteiger partial charge in [0.1, 0.15) is 5.15 Å². The summed E-state index contributed by atoms with van der Waals surface area (Å²) in [7, 11) is 2.30. The Labute approximate surface area is 419 Å². The van der Waals surface area contributed by atoms with Gasteiger partial charge in [-0.15, -0.1) is 0 Å². The number of aldehydes is 3. The number of aromatic nitrogens is 3. The summed E-state index contributed by atoms with van der Waals surface area (Å²) in [6, 6.07) is 26.0. The van der Waals surface area contributed by atoms with Crippen molar-refractivity contribution in [3.63, 3.8) is 0 Å². The van der Waals surface area contributed by atoms with Gasteiger partial charge in [-0.2, -0.15) is 0 Å². The number of nitrogens with zero attached hydrogens (tertiary/aromatic N) is 3. The van der Waals surface area contributed by atoms with E-state index in [2.05, 4.69) is 46.8 Å². The Morgan fingerprint density at radius 1 is 0.576 bits per heavy atom. The Bertz CT molecular complexity index is 2670. The molecule has 1 aliphatic heterocycles. The van der Waals surface area contributed by atoms with Gasteiger partial charge in [0.15, 0.2) is 18.9 Å². The zero-order valence-corrected chi connectivity index (χ0v) is 42.5. The summed E-state index contributed by atoms with van der Waals surface area (Å²) in [4.78, 5) is 44.7. The van der Waals surface area contributed by atoms with Crippen LogP contribution in [0.1, 0.15) is 58.8 Å². The number of benzene rings is 3. The molecule has 13 nitrogen and oxygen atoms in total. The van der Waals surface area contributed by atoms with E-state index in [4.69, 9.17) is 80.0 Å². The number of carbonyl (C=O) groups is 3. The van der Waals surface area contributed by atoms with E-state index in [-0.39, 0.29) is 11.8 Å². The van der Waals surface area contributed by atoms with Gasteiger partial charge in [-0.05, 0) is 108 Å². The highest BCUT2D eigenvalue weighted by molar-refractivity contribution is 9.10. The molecule has 3 aromatic heterocycles. The van der Waals surface area contributed by atoms with Crippen LogP contribution in [0.25, 0.3) is 22.5 Å². The average molecular weight is 1110 g/mol. The molecule has 0 amide bonds. The van der Waals surface area contributed by atoms with Gasteiger partial charge in [0.25, 0.3) is 0 Å². The normalized spacial score (nSPS) is 13.0. The topological polar surface area (TPSA) is 176 Å². The maximum Gasteiger partial charge on any atom is 0.496 e. The van der Waals surface area contributed by atoms with Gasteiger partial charge in [0.2, 0.25) is 17.6 Å². The summed E-state index contributed by atoms with van der Waals surface area (Å²) in [5.41, 5.74) is 4.09. The van der Waals surface area contributed by atoms with Gasteiger partial charge in [-0.25, -0.2) is 15.0 Å². The summed E-state index contributed by atoms with van der Waals surface area (Å²) >= 11 is 30.7. The molecule has 0 aliphatic carbocycles. The molecule has 3 aromatic carbocycles. The average Bonchev–Trinajstić information content (AvgIpc) is 3.53. The molecule has 0 spiro atoms. The minimum atomic E-state index is -1.51. The molecule has 21 heteroatoms. The van der Waals surface area contributed by atoms with Crippen LogP contribution >= 0.6 is 78.3 Å². The maximum atomic E-state index is 11.1. The Balaban J connectivity index is 0.000000206. The quantitative estimate of drug-likeness (QED) is 0.0754. The summed E-state index contributed by atoms with van der Waals surface area (Å²) in [5.74, 6) is 0.806. The number of halogens is 6. The molecule has 6 aromatic rings. The van der Waals surface area contributed by atoms with E-state index >= 15 is 0 Å². The van der Waals surface area contributed by atoms with Gasteiger partial charge in [0.05, 0.1) is 70.7 Å². The van der Waals surface area contributed by atoms with Crippen molar-refractivity contribution >= 4 is 122 Å². The van der Waals surface area contributed by atoms with E-state index in [1.807, 2.05) is 64.1 Å². The van der Waals surface area contributed by atoms with Crippen molar-refractivity contribution in [3.8, 4) is 40.2 Å². The molecule has 1 aliphatic rings. The van der Waals surface area contributed by atoms with Crippen LogP contribution in [-0.4, -0.2) is 90.6 Å². The lowest BCUT2D eigenvalue weighted by Gasteiger charge is -2.32. The van der Waals surface area contributed by atoms with Crippen LogP contribution in [0.4, 0.5) is 0 Å². The van der Waals surface area contributed by atoms with Crippen LogP contribution in [0.15, 0.2) is 99.9 Å². The van der Waals surface area contributed by atoms with E-state index in [9.17, 15) is 14.4 Å². The fraction of sp³-hybridized carbons (Fsp3) is 0.200. The lowest BCUT2D eigenvalue weighted by atomic mass is 9.78. The molecule has 1 fully saturated rings. The van der Waals surface area contributed by atoms with Crippen molar-refractivity contribution in [1.82, 2.24) is 15.0 Å². The molecule has 7 rings (SSSR count). The van der Waals surface area contributed by atoms with Crippen LogP contribution in [0.2, 0.25) is 20.2 Å². The van der Waals surface area contributed by atoms with Crippen molar-refractivity contribution in [1.29, 1.82) is 0 Å². The first kappa shape index (κ1) is 54.2. The highest BCUT2D eigenvalue weighted by Crippen LogP contribution is 2.38. The first-order valence-corrected chi connectivity index (χ1v) is 22.4. The molecule has 344 valence electrons. The fourth-order valence-corrected chi connectivity index (χ4v) is 7.36. The van der Waals surface area contributed by atoms with Crippen LogP contribution < -0.4 is 25.1 Å². The minimum absolute atomic E-state index is 0.257. The Morgan fingerprint density at radius 3 is 1.42 bits per heavy atom. The van der Waals surface area contributed by atoms with Gasteiger partial charge in [0, 0.05) is 36.0 Å².